The molecule has 1 atom stereocenters. The van der Waals surface area contributed by atoms with Gasteiger partial charge in [-0.25, -0.2) is 0 Å². The standard InChI is InChI=1S/C18H17ClN2O3/c19-13-7-5-12(6-8-13)16-11-21(9-10-24-16)18(23)15-4-2-1-3-14(15)17(20)22/h1-8,16H,9-11H2,(H2,20,22). The molecule has 0 radical (unpaired) electrons. The summed E-state index contributed by atoms with van der Waals surface area (Å²) in [5.74, 6) is -0.826. The third-order valence-corrected chi connectivity index (χ3v) is 4.27. The molecule has 0 bridgehead atoms. The number of halogens is 1. The molecule has 1 aliphatic rings. The van der Waals surface area contributed by atoms with E-state index in [9.17, 15) is 9.59 Å². The van der Waals surface area contributed by atoms with E-state index in [1.54, 1.807) is 41.3 Å². The normalized spacial score (nSPS) is 17.5. The number of hydrogen-bond donors (Lipinski definition) is 1. The lowest BCUT2D eigenvalue weighted by Crippen LogP contribution is -2.42. The van der Waals surface area contributed by atoms with Crippen LogP contribution in [0.3, 0.4) is 0 Å². The van der Waals surface area contributed by atoms with Gasteiger partial charge in [-0.1, -0.05) is 35.9 Å². The second kappa shape index (κ2) is 7.03. The van der Waals surface area contributed by atoms with Crippen LogP contribution < -0.4 is 5.73 Å². The predicted octanol–water partition coefficient (Wildman–Crippen LogP) is 2.65. The van der Waals surface area contributed by atoms with Crippen molar-refractivity contribution in [1.29, 1.82) is 0 Å². The second-order valence-electron chi connectivity index (χ2n) is 5.57. The number of carbonyl (C=O) groups excluding carboxylic acids is 2. The van der Waals surface area contributed by atoms with Crippen molar-refractivity contribution in [3.8, 4) is 0 Å². The van der Waals surface area contributed by atoms with Crippen LogP contribution in [-0.4, -0.2) is 36.4 Å². The summed E-state index contributed by atoms with van der Waals surface area (Å²) in [5.41, 5.74) is 6.88. The van der Waals surface area contributed by atoms with Gasteiger partial charge in [-0.2, -0.15) is 0 Å². The molecule has 124 valence electrons. The van der Waals surface area contributed by atoms with Crippen molar-refractivity contribution in [1.82, 2.24) is 4.90 Å². The van der Waals surface area contributed by atoms with Crippen molar-refractivity contribution in [2.45, 2.75) is 6.10 Å². The first-order valence-electron chi connectivity index (χ1n) is 7.61. The highest BCUT2D eigenvalue weighted by molar-refractivity contribution is 6.30. The Labute approximate surface area is 145 Å². The number of benzene rings is 2. The highest BCUT2D eigenvalue weighted by atomic mass is 35.5. The van der Waals surface area contributed by atoms with E-state index >= 15 is 0 Å². The van der Waals surface area contributed by atoms with Gasteiger partial charge in [0.2, 0.25) is 5.91 Å². The Kier molecular flexibility index (Phi) is 4.83. The van der Waals surface area contributed by atoms with E-state index in [-0.39, 0.29) is 17.6 Å². The van der Waals surface area contributed by atoms with Crippen LogP contribution in [0.5, 0.6) is 0 Å². The lowest BCUT2D eigenvalue weighted by molar-refractivity contribution is -0.0228. The van der Waals surface area contributed by atoms with Crippen LogP contribution in [0.4, 0.5) is 0 Å². The van der Waals surface area contributed by atoms with Gasteiger partial charge < -0.3 is 15.4 Å². The first-order chi connectivity index (χ1) is 11.6. The minimum absolute atomic E-state index is 0.216. The van der Waals surface area contributed by atoms with E-state index in [1.165, 1.54) is 0 Å². The summed E-state index contributed by atoms with van der Waals surface area (Å²) in [6.45, 7) is 1.31. The Morgan fingerprint density at radius 2 is 1.75 bits per heavy atom. The molecule has 1 unspecified atom stereocenters. The largest absolute Gasteiger partial charge is 0.370 e. The van der Waals surface area contributed by atoms with Gasteiger partial charge in [0.15, 0.2) is 0 Å². The quantitative estimate of drug-likeness (QED) is 0.930. The Morgan fingerprint density at radius 1 is 1.08 bits per heavy atom. The van der Waals surface area contributed by atoms with E-state index in [0.717, 1.165) is 5.56 Å². The van der Waals surface area contributed by atoms with Crippen LogP contribution in [-0.2, 0) is 4.74 Å². The van der Waals surface area contributed by atoms with Gasteiger partial charge in [-0.05, 0) is 29.8 Å². The van der Waals surface area contributed by atoms with Crippen LogP contribution in [0.25, 0.3) is 0 Å². The molecule has 1 fully saturated rings. The first kappa shape index (κ1) is 16.5. The Balaban J connectivity index is 1.81. The summed E-state index contributed by atoms with van der Waals surface area (Å²) < 4.78 is 5.77. The summed E-state index contributed by atoms with van der Waals surface area (Å²) in [5, 5.41) is 0.651. The zero-order valence-corrected chi connectivity index (χ0v) is 13.7. The van der Waals surface area contributed by atoms with Gasteiger partial charge in [0.25, 0.3) is 5.91 Å². The molecule has 1 saturated heterocycles. The topological polar surface area (TPSA) is 72.6 Å². The first-order valence-corrected chi connectivity index (χ1v) is 7.99. The predicted molar refractivity (Wildman–Crippen MR) is 91.0 cm³/mol. The number of nitrogens with two attached hydrogens (primary N) is 1. The van der Waals surface area contributed by atoms with Gasteiger partial charge in [0, 0.05) is 11.6 Å². The molecule has 24 heavy (non-hydrogen) atoms. The number of amides is 2. The molecule has 6 heteroatoms. The zero-order valence-electron chi connectivity index (χ0n) is 12.9. The smallest absolute Gasteiger partial charge is 0.254 e. The zero-order chi connectivity index (χ0) is 17.1. The molecule has 1 aliphatic heterocycles. The maximum atomic E-state index is 12.8. The fraction of sp³-hybridized carbons (Fsp3) is 0.222. The fourth-order valence-corrected chi connectivity index (χ4v) is 2.89. The van der Waals surface area contributed by atoms with Crippen LogP contribution in [0.2, 0.25) is 5.02 Å². The molecule has 2 aromatic rings. The summed E-state index contributed by atoms with van der Waals surface area (Å²) in [4.78, 5) is 26.0. The number of nitrogens with zero attached hydrogens (tertiary/aromatic N) is 1. The van der Waals surface area contributed by atoms with Gasteiger partial charge in [0.05, 0.1) is 24.3 Å². The third kappa shape index (κ3) is 3.42. The Bertz CT molecular complexity index is 761. The van der Waals surface area contributed by atoms with Gasteiger partial charge >= 0.3 is 0 Å². The molecule has 2 amide bonds. The number of primary amides is 1. The maximum absolute atomic E-state index is 12.8. The van der Waals surface area contributed by atoms with Crippen molar-refractivity contribution in [3.63, 3.8) is 0 Å². The van der Waals surface area contributed by atoms with E-state index < -0.39 is 5.91 Å². The minimum atomic E-state index is -0.610. The molecule has 0 aromatic heterocycles. The lowest BCUT2D eigenvalue weighted by atomic mass is 10.0. The third-order valence-electron chi connectivity index (χ3n) is 4.02. The molecule has 2 aromatic carbocycles. The highest BCUT2D eigenvalue weighted by Gasteiger charge is 2.27. The maximum Gasteiger partial charge on any atom is 0.254 e. The monoisotopic (exact) mass is 344 g/mol. The van der Waals surface area contributed by atoms with Crippen molar-refractivity contribution in [3.05, 3.63) is 70.2 Å². The molecule has 0 spiro atoms. The van der Waals surface area contributed by atoms with E-state index in [4.69, 9.17) is 22.1 Å². The number of rotatable bonds is 3. The molecular weight excluding hydrogens is 328 g/mol. The van der Waals surface area contributed by atoms with Crippen LogP contribution in [0.1, 0.15) is 32.4 Å². The number of hydrogen-bond acceptors (Lipinski definition) is 3. The lowest BCUT2D eigenvalue weighted by Gasteiger charge is -2.33. The average Bonchev–Trinajstić information content (AvgIpc) is 2.62. The van der Waals surface area contributed by atoms with Crippen LogP contribution >= 0.6 is 11.6 Å². The van der Waals surface area contributed by atoms with Gasteiger partial charge in [-0.15, -0.1) is 0 Å². The Morgan fingerprint density at radius 3 is 2.42 bits per heavy atom. The summed E-state index contributed by atoms with van der Waals surface area (Å²) >= 11 is 5.91. The molecule has 0 aliphatic carbocycles. The number of carbonyl (C=O) groups is 2. The van der Waals surface area contributed by atoms with Crippen LogP contribution in [0.15, 0.2) is 48.5 Å². The van der Waals surface area contributed by atoms with E-state index in [1.807, 2.05) is 12.1 Å². The minimum Gasteiger partial charge on any atom is -0.370 e. The highest BCUT2D eigenvalue weighted by Crippen LogP contribution is 2.25. The molecular formula is C18H17ClN2O3. The molecule has 1 heterocycles. The molecule has 5 nitrogen and oxygen atoms in total. The SMILES string of the molecule is NC(=O)c1ccccc1C(=O)N1CCOC(c2ccc(Cl)cc2)C1. The summed E-state index contributed by atoms with van der Waals surface area (Å²) in [6, 6.07) is 14.0. The van der Waals surface area contributed by atoms with Gasteiger partial charge in [-0.3, -0.25) is 9.59 Å². The Hall–Kier alpha value is -2.37. The second-order valence-corrected chi connectivity index (χ2v) is 6.01. The summed E-state index contributed by atoms with van der Waals surface area (Å²) in [7, 11) is 0. The molecule has 0 saturated carbocycles. The van der Waals surface area contributed by atoms with E-state index in [2.05, 4.69) is 0 Å². The molecule has 2 N–H and O–H groups in total. The summed E-state index contributed by atoms with van der Waals surface area (Å²) in [6.07, 6.45) is -0.222. The number of morpholine rings is 1. The van der Waals surface area contributed by atoms with Crippen molar-refractivity contribution >= 4 is 23.4 Å². The van der Waals surface area contributed by atoms with Gasteiger partial charge in [0.1, 0.15) is 6.10 Å². The van der Waals surface area contributed by atoms with Crippen LogP contribution in [0, 0.1) is 0 Å². The van der Waals surface area contributed by atoms with E-state index in [0.29, 0.717) is 30.3 Å². The molecule has 3 rings (SSSR count). The number of ether oxygens (including phenoxy) is 1. The van der Waals surface area contributed by atoms with Crippen molar-refractivity contribution in [2.75, 3.05) is 19.7 Å². The fourth-order valence-electron chi connectivity index (χ4n) is 2.77. The average molecular weight is 345 g/mol. The van der Waals surface area contributed by atoms with Crippen molar-refractivity contribution in [2.24, 2.45) is 5.73 Å². The van der Waals surface area contributed by atoms with Crippen molar-refractivity contribution < 1.29 is 14.3 Å².